The second kappa shape index (κ2) is 21.7. The average molecular weight is 822 g/mol. The predicted octanol–water partition coefficient (Wildman–Crippen LogP) is 10.3. The van der Waals surface area contributed by atoms with E-state index < -0.39 is 11.2 Å². The number of hydrogen-bond acceptors (Lipinski definition) is 8. The Balaban J connectivity index is 0.000000300. The van der Waals surface area contributed by atoms with E-state index in [9.17, 15) is 9.59 Å². The Bertz CT molecular complexity index is 1530. The molecule has 4 rings (SSSR count). The first kappa shape index (κ1) is 47.5. The van der Waals surface area contributed by atoms with Gasteiger partial charge >= 0.3 is 12.2 Å². The van der Waals surface area contributed by atoms with Crippen LogP contribution in [0.2, 0.25) is 10.0 Å². The molecule has 2 aliphatic rings. The first-order valence-corrected chi connectivity index (χ1v) is 21.1. The molecule has 0 aliphatic carbocycles. The van der Waals surface area contributed by atoms with Crippen LogP contribution in [0.1, 0.15) is 117 Å². The summed E-state index contributed by atoms with van der Waals surface area (Å²) in [7, 11) is 8.25. The van der Waals surface area contributed by atoms with Gasteiger partial charge < -0.3 is 38.5 Å². The molecule has 12 heteroatoms. The van der Waals surface area contributed by atoms with E-state index in [-0.39, 0.29) is 18.3 Å². The molecule has 0 N–H and O–H groups in total. The van der Waals surface area contributed by atoms with Gasteiger partial charge in [-0.25, -0.2) is 9.59 Å². The van der Waals surface area contributed by atoms with Gasteiger partial charge in [-0.05, 0) is 155 Å². The van der Waals surface area contributed by atoms with E-state index in [1.54, 1.807) is 9.80 Å². The Morgan fingerprint density at radius 1 is 0.714 bits per heavy atom. The van der Waals surface area contributed by atoms with Gasteiger partial charge in [0.1, 0.15) is 35.4 Å². The monoisotopic (exact) mass is 820 g/mol. The van der Waals surface area contributed by atoms with Crippen molar-refractivity contribution in [1.82, 2.24) is 19.6 Å². The zero-order chi connectivity index (χ0) is 41.8. The summed E-state index contributed by atoms with van der Waals surface area (Å²) in [6.07, 6.45) is 5.19. The molecule has 10 nitrogen and oxygen atoms in total. The van der Waals surface area contributed by atoms with E-state index in [2.05, 4.69) is 64.0 Å². The molecule has 0 aromatic heterocycles. The molecule has 0 spiro atoms. The number of likely N-dealkylation sites (tertiary alicyclic amines) is 2. The van der Waals surface area contributed by atoms with Crippen LogP contribution in [-0.4, -0.2) is 123 Å². The summed E-state index contributed by atoms with van der Waals surface area (Å²) in [4.78, 5) is 32.5. The van der Waals surface area contributed by atoms with E-state index in [1.807, 2.05) is 65.8 Å². The molecule has 0 unspecified atom stereocenters. The summed E-state index contributed by atoms with van der Waals surface area (Å²) >= 11 is 12.5. The molecule has 2 saturated heterocycles. The van der Waals surface area contributed by atoms with Crippen molar-refractivity contribution in [1.29, 1.82) is 0 Å². The highest BCUT2D eigenvalue weighted by molar-refractivity contribution is 6.31. The lowest BCUT2D eigenvalue weighted by Crippen LogP contribution is -2.41. The van der Waals surface area contributed by atoms with Gasteiger partial charge in [-0.2, -0.15) is 0 Å². The lowest BCUT2D eigenvalue weighted by atomic mass is 9.89. The fraction of sp³-hybridized carbons (Fsp3) is 0.682. The van der Waals surface area contributed by atoms with Crippen molar-refractivity contribution in [3.05, 3.63) is 57.6 Å². The smallest absolute Gasteiger partial charge is 0.410 e. The Hall–Kier alpha value is -2.92. The molecule has 2 aliphatic heterocycles. The third kappa shape index (κ3) is 15.8. The number of likely N-dealkylation sites (N-methyl/N-ethyl adjacent to an activating group) is 2. The normalized spacial score (nSPS) is 16.9. The number of hydrogen-bond donors (Lipinski definition) is 0. The van der Waals surface area contributed by atoms with Crippen molar-refractivity contribution in [2.24, 2.45) is 0 Å². The van der Waals surface area contributed by atoms with Crippen molar-refractivity contribution in [2.45, 2.75) is 129 Å². The number of amides is 2. The molecule has 316 valence electrons. The molecule has 2 amide bonds. The van der Waals surface area contributed by atoms with Crippen molar-refractivity contribution < 1.29 is 28.5 Å². The van der Waals surface area contributed by atoms with Gasteiger partial charge in [0.25, 0.3) is 0 Å². The number of piperidine rings is 2. The molecule has 0 saturated carbocycles. The van der Waals surface area contributed by atoms with E-state index in [4.69, 9.17) is 42.1 Å². The summed E-state index contributed by atoms with van der Waals surface area (Å²) in [5.41, 5.74) is 1.44. The Labute approximate surface area is 348 Å². The largest absolute Gasteiger partial charge is 0.492 e. The predicted molar refractivity (Wildman–Crippen MR) is 229 cm³/mol. The quantitative estimate of drug-likeness (QED) is 0.209. The number of carbonyl (C=O) groups is 2. The van der Waals surface area contributed by atoms with Crippen molar-refractivity contribution in [3.63, 3.8) is 0 Å². The van der Waals surface area contributed by atoms with E-state index >= 15 is 0 Å². The molecular weight excluding hydrogens is 751 g/mol. The van der Waals surface area contributed by atoms with E-state index in [0.29, 0.717) is 60.7 Å². The number of halogens is 2. The minimum absolute atomic E-state index is 0.120. The van der Waals surface area contributed by atoms with Crippen LogP contribution in [0.25, 0.3) is 0 Å². The van der Waals surface area contributed by atoms with E-state index in [0.717, 1.165) is 56.6 Å². The highest BCUT2D eigenvalue weighted by Crippen LogP contribution is 2.38. The Morgan fingerprint density at radius 2 is 1.14 bits per heavy atom. The number of ether oxygens (including phenoxy) is 4. The topological polar surface area (TPSA) is 84.0 Å². The molecule has 0 bridgehead atoms. The summed E-state index contributed by atoms with van der Waals surface area (Å²) in [6.45, 7) is 19.9. The van der Waals surface area contributed by atoms with Gasteiger partial charge in [0.2, 0.25) is 0 Å². The highest BCUT2D eigenvalue weighted by atomic mass is 35.5. The van der Waals surface area contributed by atoms with Gasteiger partial charge in [0.05, 0.1) is 0 Å². The highest BCUT2D eigenvalue weighted by Gasteiger charge is 2.31. The van der Waals surface area contributed by atoms with Crippen LogP contribution in [0, 0.1) is 0 Å². The standard InChI is InChI=1S/2C22H35ClN2O3/c1-7-18(24(5)6)15-27-20-14-17(23)8-9-19(20)16-10-12-25(13-11-16)21(26)28-22(2,3)4;1-7-18(15-24(5)6)27-20-14-17(23)8-9-19(20)16-10-12-25(13-11-16)21(26)28-22(2,3)4/h2*8-9,14,16,18H,7,10-13,15H2,1-6H3/t2*18-/m10/s1. The molecule has 2 atom stereocenters. The van der Waals surface area contributed by atoms with Crippen LogP contribution in [-0.2, 0) is 9.47 Å². The Morgan fingerprint density at radius 3 is 1.52 bits per heavy atom. The first-order chi connectivity index (χ1) is 26.2. The third-order valence-corrected chi connectivity index (χ3v) is 10.5. The second-order valence-electron chi connectivity index (χ2n) is 17.6. The van der Waals surface area contributed by atoms with Crippen LogP contribution in [0.4, 0.5) is 9.59 Å². The molecule has 56 heavy (non-hydrogen) atoms. The van der Waals surface area contributed by atoms with Gasteiger partial charge in [-0.1, -0.05) is 49.2 Å². The first-order valence-electron chi connectivity index (χ1n) is 20.3. The fourth-order valence-electron chi connectivity index (χ4n) is 6.97. The van der Waals surface area contributed by atoms with Gasteiger partial charge in [0, 0.05) is 48.8 Å². The van der Waals surface area contributed by atoms with E-state index in [1.165, 1.54) is 11.1 Å². The van der Waals surface area contributed by atoms with Crippen LogP contribution in [0.3, 0.4) is 0 Å². The van der Waals surface area contributed by atoms with Crippen molar-refractivity contribution in [2.75, 3.05) is 67.5 Å². The zero-order valence-corrected chi connectivity index (χ0v) is 37.8. The van der Waals surface area contributed by atoms with Crippen LogP contribution >= 0.6 is 23.2 Å². The minimum Gasteiger partial charge on any atom is -0.492 e. The zero-order valence-electron chi connectivity index (χ0n) is 36.3. The van der Waals surface area contributed by atoms with Gasteiger partial charge in [-0.15, -0.1) is 0 Å². The number of benzene rings is 2. The molecule has 0 radical (unpaired) electrons. The number of nitrogens with zero attached hydrogens (tertiary/aromatic N) is 4. The summed E-state index contributed by atoms with van der Waals surface area (Å²) in [5.74, 6) is 2.44. The summed E-state index contributed by atoms with van der Waals surface area (Å²) < 4.78 is 23.5. The number of rotatable bonds is 12. The van der Waals surface area contributed by atoms with Crippen LogP contribution in [0.15, 0.2) is 36.4 Å². The number of carbonyl (C=O) groups excluding carboxylic acids is 2. The Kier molecular flexibility index (Phi) is 18.4. The van der Waals surface area contributed by atoms with Gasteiger partial charge in [0.15, 0.2) is 0 Å². The maximum atomic E-state index is 12.3. The lowest BCUT2D eigenvalue weighted by molar-refractivity contribution is 0.0193. The molecule has 2 heterocycles. The summed E-state index contributed by atoms with van der Waals surface area (Å²) in [5, 5.41) is 1.37. The third-order valence-electron chi connectivity index (χ3n) is 10.1. The molecule has 2 aromatic rings. The molecule has 2 fully saturated rings. The summed E-state index contributed by atoms with van der Waals surface area (Å²) in [6, 6.07) is 12.2. The molecule has 2 aromatic carbocycles. The van der Waals surface area contributed by atoms with Gasteiger partial charge in [-0.3, -0.25) is 0 Å². The molecular formula is C44H70Cl2N4O6. The lowest BCUT2D eigenvalue weighted by Gasteiger charge is -2.34. The van der Waals surface area contributed by atoms with Crippen LogP contribution in [0.5, 0.6) is 11.5 Å². The van der Waals surface area contributed by atoms with Crippen LogP contribution < -0.4 is 9.47 Å². The maximum absolute atomic E-state index is 12.3. The maximum Gasteiger partial charge on any atom is 0.410 e. The van der Waals surface area contributed by atoms with Crippen molar-refractivity contribution in [3.8, 4) is 11.5 Å². The SMILES string of the molecule is CC[C@@H](CN(C)C)Oc1cc(Cl)ccc1C1CCN(C(=O)OC(C)(C)C)CC1.CC[C@H](COc1cc(Cl)ccc1C1CCN(C(=O)OC(C)(C)C)CC1)N(C)C. The van der Waals surface area contributed by atoms with Crippen molar-refractivity contribution >= 4 is 35.4 Å². The average Bonchev–Trinajstić information content (AvgIpc) is 3.10. The minimum atomic E-state index is -0.466. The fourth-order valence-corrected chi connectivity index (χ4v) is 7.30. The second-order valence-corrected chi connectivity index (χ2v) is 18.5.